The average molecular weight is 619 g/mol. The van der Waals surface area contributed by atoms with Crippen molar-refractivity contribution in [3.05, 3.63) is 100 Å². The van der Waals surface area contributed by atoms with E-state index < -0.39 is 34.3 Å². The minimum Gasteiger partial charge on any atom is -0.354 e. The van der Waals surface area contributed by atoms with Crippen LogP contribution in [0.25, 0.3) is 0 Å². The standard InChI is InChI=1S/C29H33BrFN3O4S/c1-3-4-18-32-29(36)27(19-22-10-6-5-7-11-22)33(20-23-14-16-24(31)17-15-23)28(35)21-34(39(2,37)38)26-13-9-8-12-25(26)30/h5-17,27H,3-4,18-21H2,1-2H3,(H,32,36)/t27-/m0/s1. The Morgan fingerprint density at radius 3 is 2.21 bits per heavy atom. The molecule has 3 rings (SSSR count). The largest absolute Gasteiger partial charge is 0.354 e. The molecule has 3 aromatic rings. The van der Waals surface area contributed by atoms with E-state index >= 15 is 0 Å². The van der Waals surface area contributed by atoms with Crippen LogP contribution in [-0.2, 0) is 32.6 Å². The first kappa shape index (κ1) is 30.3. The molecule has 1 N–H and O–H groups in total. The summed E-state index contributed by atoms with van der Waals surface area (Å²) in [4.78, 5) is 28.9. The van der Waals surface area contributed by atoms with Gasteiger partial charge >= 0.3 is 0 Å². The van der Waals surface area contributed by atoms with Crippen LogP contribution in [0.15, 0.2) is 83.3 Å². The number of hydrogen-bond acceptors (Lipinski definition) is 4. The number of hydrogen-bond donors (Lipinski definition) is 1. The maximum absolute atomic E-state index is 14.0. The molecule has 208 valence electrons. The molecular weight excluding hydrogens is 585 g/mol. The minimum absolute atomic E-state index is 0.00856. The Bertz CT molecular complexity index is 1350. The van der Waals surface area contributed by atoms with Gasteiger partial charge < -0.3 is 10.2 Å². The lowest BCUT2D eigenvalue weighted by Gasteiger charge is -2.33. The molecule has 39 heavy (non-hydrogen) atoms. The number of unbranched alkanes of at least 4 members (excludes halogenated alkanes) is 1. The van der Waals surface area contributed by atoms with E-state index in [-0.39, 0.29) is 18.9 Å². The summed E-state index contributed by atoms with van der Waals surface area (Å²) in [7, 11) is -3.86. The van der Waals surface area contributed by atoms with Crippen molar-refractivity contribution in [3.63, 3.8) is 0 Å². The molecule has 1 atom stereocenters. The fourth-order valence-electron chi connectivity index (χ4n) is 4.10. The second-order valence-electron chi connectivity index (χ2n) is 9.22. The fourth-order valence-corrected chi connectivity index (χ4v) is 5.57. The van der Waals surface area contributed by atoms with Crippen molar-refractivity contribution in [1.29, 1.82) is 0 Å². The molecule has 2 amide bonds. The van der Waals surface area contributed by atoms with Crippen molar-refractivity contribution < 1.29 is 22.4 Å². The number of nitrogens with zero attached hydrogens (tertiary/aromatic N) is 2. The zero-order chi connectivity index (χ0) is 28.4. The third-order valence-electron chi connectivity index (χ3n) is 6.17. The summed E-state index contributed by atoms with van der Waals surface area (Å²) in [5.74, 6) is -1.33. The highest BCUT2D eigenvalue weighted by Crippen LogP contribution is 2.28. The van der Waals surface area contributed by atoms with E-state index in [1.54, 1.807) is 36.4 Å². The van der Waals surface area contributed by atoms with Gasteiger partial charge in [0, 0.05) is 24.0 Å². The monoisotopic (exact) mass is 617 g/mol. The van der Waals surface area contributed by atoms with Crippen LogP contribution in [0.1, 0.15) is 30.9 Å². The second-order valence-corrected chi connectivity index (χ2v) is 12.0. The van der Waals surface area contributed by atoms with Crippen molar-refractivity contribution in [2.45, 2.75) is 38.8 Å². The predicted octanol–water partition coefficient (Wildman–Crippen LogP) is 4.91. The molecule has 7 nitrogen and oxygen atoms in total. The number of nitrogens with one attached hydrogen (secondary N) is 1. The maximum Gasteiger partial charge on any atom is 0.244 e. The Hall–Kier alpha value is -3.24. The highest BCUT2D eigenvalue weighted by molar-refractivity contribution is 9.10. The molecule has 0 aliphatic carbocycles. The van der Waals surface area contributed by atoms with E-state index in [1.807, 2.05) is 37.3 Å². The van der Waals surface area contributed by atoms with Gasteiger partial charge in [-0.1, -0.05) is 67.9 Å². The number of sulfonamides is 1. The van der Waals surface area contributed by atoms with E-state index in [0.29, 0.717) is 22.3 Å². The van der Waals surface area contributed by atoms with Crippen molar-refractivity contribution in [3.8, 4) is 0 Å². The molecule has 0 aromatic heterocycles. The van der Waals surface area contributed by atoms with Crippen molar-refractivity contribution in [2.24, 2.45) is 0 Å². The summed E-state index contributed by atoms with van der Waals surface area (Å²) in [6.45, 7) is 1.94. The normalized spacial score (nSPS) is 12.0. The van der Waals surface area contributed by atoms with Crippen LogP contribution in [0.2, 0.25) is 0 Å². The van der Waals surface area contributed by atoms with Crippen molar-refractivity contribution >= 4 is 43.5 Å². The van der Waals surface area contributed by atoms with Gasteiger partial charge in [0.05, 0.1) is 11.9 Å². The molecule has 0 aliphatic heterocycles. The highest BCUT2D eigenvalue weighted by Gasteiger charge is 2.33. The van der Waals surface area contributed by atoms with Gasteiger partial charge in [0.25, 0.3) is 0 Å². The van der Waals surface area contributed by atoms with Crippen LogP contribution in [0.4, 0.5) is 10.1 Å². The van der Waals surface area contributed by atoms with Crippen LogP contribution in [0.5, 0.6) is 0 Å². The van der Waals surface area contributed by atoms with Gasteiger partial charge in [-0.2, -0.15) is 0 Å². The lowest BCUT2D eigenvalue weighted by Crippen LogP contribution is -2.53. The number of anilines is 1. The maximum atomic E-state index is 14.0. The molecule has 0 aliphatic rings. The number of para-hydroxylation sites is 1. The van der Waals surface area contributed by atoms with E-state index in [0.717, 1.165) is 29.0 Å². The van der Waals surface area contributed by atoms with E-state index in [2.05, 4.69) is 21.2 Å². The SMILES string of the molecule is CCCCNC(=O)[C@H](Cc1ccccc1)N(Cc1ccc(F)cc1)C(=O)CN(c1ccccc1Br)S(C)(=O)=O. The first-order valence-electron chi connectivity index (χ1n) is 12.7. The van der Waals surface area contributed by atoms with Gasteiger partial charge in [0.2, 0.25) is 21.8 Å². The van der Waals surface area contributed by atoms with Crippen molar-refractivity contribution in [1.82, 2.24) is 10.2 Å². The third-order valence-corrected chi connectivity index (χ3v) is 7.96. The van der Waals surface area contributed by atoms with E-state index in [1.165, 1.54) is 17.0 Å². The Labute approximate surface area is 238 Å². The van der Waals surface area contributed by atoms with Crippen LogP contribution in [0, 0.1) is 5.82 Å². The van der Waals surface area contributed by atoms with E-state index in [4.69, 9.17) is 0 Å². The van der Waals surface area contributed by atoms with Gasteiger partial charge in [0.1, 0.15) is 18.4 Å². The molecular formula is C29H33BrFN3O4S. The molecule has 10 heteroatoms. The Kier molecular flexibility index (Phi) is 11.1. The van der Waals surface area contributed by atoms with Crippen LogP contribution < -0.4 is 9.62 Å². The lowest BCUT2D eigenvalue weighted by molar-refractivity contribution is -0.140. The quantitative estimate of drug-likeness (QED) is 0.276. The first-order chi connectivity index (χ1) is 18.6. The Morgan fingerprint density at radius 2 is 1.59 bits per heavy atom. The smallest absolute Gasteiger partial charge is 0.244 e. The van der Waals surface area contributed by atoms with Gasteiger partial charge in [-0.05, 0) is 57.7 Å². The summed E-state index contributed by atoms with van der Waals surface area (Å²) >= 11 is 3.38. The molecule has 0 bridgehead atoms. The number of rotatable bonds is 13. The molecule has 3 aromatic carbocycles. The van der Waals surface area contributed by atoms with E-state index in [9.17, 15) is 22.4 Å². The molecule has 0 heterocycles. The van der Waals surface area contributed by atoms with Gasteiger partial charge in [-0.3, -0.25) is 13.9 Å². The number of halogens is 2. The van der Waals surface area contributed by atoms with Crippen LogP contribution >= 0.6 is 15.9 Å². The average Bonchev–Trinajstić information content (AvgIpc) is 2.91. The number of carbonyl (C=O) groups is 2. The number of amides is 2. The lowest BCUT2D eigenvalue weighted by atomic mass is 10.0. The summed E-state index contributed by atoms with van der Waals surface area (Å²) in [6.07, 6.45) is 2.92. The number of carbonyl (C=O) groups excluding carboxylic acids is 2. The minimum atomic E-state index is -3.86. The third kappa shape index (κ3) is 8.90. The molecule has 0 saturated heterocycles. The van der Waals surface area contributed by atoms with Crippen LogP contribution in [-0.4, -0.2) is 50.5 Å². The topological polar surface area (TPSA) is 86.8 Å². The first-order valence-corrected chi connectivity index (χ1v) is 15.3. The zero-order valence-corrected chi connectivity index (χ0v) is 24.4. The number of benzene rings is 3. The Balaban J connectivity index is 2.03. The predicted molar refractivity (Wildman–Crippen MR) is 155 cm³/mol. The summed E-state index contributed by atoms with van der Waals surface area (Å²) in [5, 5.41) is 2.93. The summed E-state index contributed by atoms with van der Waals surface area (Å²) in [6, 6.07) is 20.8. The fraction of sp³-hybridized carbons (Fsp3) is 0.310. The van der Waals surface area contributed by atoms with Crippen molar-refractivity contribution in [2.75, 3.05) is 23.7 Å². The second kappa shape index (κ2) is 14.2. The van der Waals surface area contributed by atoms with Gasteiger partial charge in [-0.25, -0.2) is 12.8 Å². The van der Waals surface area contributed by atoms with Gasteiger partial charge in [0.15, 0.2) is 0 Å². The Morgan fingerprint density at radius 1 is 0.949 bits per heavy atom. The molecule has 0 fully saturated rings. The molecule has 0 unspecified atom stereocenters. The van der Waals surface area contributed by atoms with Crippen LogP contribution in [0.3, 0.4) is 0 Å². The zero-order valence-electron chi connectivity index (χ0n) is 22.0. The highest BCUT2D eigenvalue weighted by atomic mass is 79.9. The van der Waals surface area contributed by atoms with Gasteiger partial charge in [-0.15, -0.1) is 0 Å². The molecule has 0 radical (unpaired) electrons. The molecule has 0 saturated carbocycles. The molecule has 0 spiro atoms. The summed E-state index contributed by atoms with van der Waals surface area (Å²) < 4.78 is 40.8. The summed E-state index contributed by atoms with van der Waals surface area (Å²) in [5.41, 5.74) is 1.76.